The number of carbonyl (C=O) groups is 2. The minimum Gasteiger partial charge on any atom is -0.399 e. The van der Waals surface area contributed by atoms with Crippen molar-refractivity contribution in [3.63, 3.8) is 0 Å². The second-order valence-corrected chi connectivity index (χ2v) is 8.31. The van der Waals surface area contributed by atoms with Crippen LogP contribution in [-0.4, -0.2) is 51.5 Å². The molecular formula is C19H23N3O4S. The van der Waals surface area contributed by atoms with Crippen LogP contribution >= 0.6 is 0 Å². The number of hydrogen-bond donors (Lipinski definition) is 2. The van der Waals surface area contributed by atoms with Crippen LogP contribution in [-0.2, 0) is 21.1 Å². The van der Waals surface area contributed by atoms with E-state index in [1.54, 1.807) is 12.1 Å². The Bertz CT molecular complexity index is 905. The van der Waals surface area contributed by atoms with Crippen LogP contribution in [0.5, 0.6) is 0 Å². The topological polar surface area (TPSA) is 110 Å². The SMILES string of the molecule is CN(C)C(=O)CS(=O)(=O)c1ccc(C(=O)NCCc2ccc(N)cc2)cc1. The highest BCUT2D eigenvalue weighted by molar-refractivity contribution is 7.92. The van der Waals surface area contributed by atoms with Crippen LogP contribution in [0.2, 0.25) is 0 Å². The molecule has 0 saturated carbocycles. The molecule has 7 nitrogen and oxygen atoms in total. The van der Waals surface area contributed by atoms with E-state index in [0.717, 1.165) is 5.56 Å². The van der Waals surface area contributed by atoms with Gasteiger partial charge in [-0.15, -0.1) is 0 Å². The molecule has 0 saturated heterocycles. The van der Waals surface area contributed by atoms with Crippen molar-refractivity contribution in [2.24, 2.45) is 0 Å². The van der Waals surface area contributed by atoms with Gasteiger partial charge >= 0.3 is 0 Å². The van der Waals surface area contributed by atoms with E-state index in [-0.39, 0.29) is 10.8 Å². The van der Waals surface area contributed by atoms with Crippen molar-refractivity contribution >= 4 is 27.3 Å². The number of hydrogen-bond acceptors (Lipinski definition) is 5. The van der Waals surface area contributed by atoms with Gasteiger partial charge in [0, 0.05) is 31.9 Å². The van der Waals surface area contributed by atoms with Gasteiger partial charge in [0.15, 0.2) is 9.84 Å². The fraction of sp³-hybridized carbons (Fsp3) is 0.263. The standard InChI is InChI=1S/C19H23N3O4S/c1-22(2)18(23)13-27(25,26)17-9-5-15(6-10-17)19(24)21-12-11-14-3-7-16(20)8-4-14/h3-10H,11-13,20H2,1-2H3,(H,21,24). The lowest BCUT2D eigenvalue weighted by Gasteiger charge is -2.11. The maximum Gasteiger partial charge on any atom is 0.251 e. The molecule has 3 N–H and O–H groups in total. The summed E-state index contributed by atoms with van der Waals surface area (Å²) >= 11 is 0. The lowest BCUT2D eigenvalue weighted by atomic mass is 10.1. The molecule has 0 fully saturated rings. The molecule has 2 aromatic carbocycles. The molecule has 0 unspecified atom stereocenters. The fourth-order valence-corrected chi connectivity index (χ4v) is 3.60. The zero-order valence-electron chi connectivity index (χ0n) is 15.3. The maximum absolute atomic E-state index is 12.2. The van der Waals surface area contributed by atoms with Crippen LogP contribution in [0.15, 0.2) is 53.4 Å². The van der Waals surface area contributed by atoms with Gasteiger partial charge in [-0.05, 0) is 48.4 Å². The molecule has 2 rings (SSSR count). The third kappa shape index (κ3) is 5.82. The molecule has 0 aromatic heterocycles. The molecule has 8 heteroatoms. The van der Waals surface area contributed by atoms with Gasteiger partial charge in [0.25, 0.3) is 5.91 Å². The number of nitrogen functional groups attached to an aromatic ring is 1. The summed E-state index contributed by atoms with van der Waals surface area (Å²) in [6, 6.07) is 13.0. The van der Waals surface area contributed by atoms with E-state index in [1.807, 2.05) is 12.1 Å². The zero-order chi connectivity index (χ0) is 20.0. The Labute approximate surface area is 159 Å². The second kappa shape index (κ2) is 8.68. The van der Waals surface area contributed by atoms with E-state index in [4.69, 9.17) is 5.73 Å². The molecule has 2 amide bonds. The highest BCUT2D eigenvalue weighted by Gasteiger charge is 2.20. The number of anilines is 1. The van der Waals surface area contributed by atoms with Gasteiger partial charge < -0.3 is 16.0 Å². The average Bonchev–Trinajstić information content (AvgIpc) is 2.63. The summed E-state index contributed by atoms with van der Waals surface area (Å²) in [7, 11) is -0.745. The van der Waals surface area contributed by atoms with Gasteiger partial charge in [-0.2, -0.15) is 0 Å². The number of amides is 2. The molecule has 0 aliphatic rings. The van der Waals surface area contributed by atoms with Gasteiger partial charge in [0.2, 0.25) is 5.91 Å². The summed E-state index contributed by atoms with van der Waals surface area (Å²) in [4.78, 5) is 25.0. The van der Waals surface area contributed by atoms with Crippen LogP contribution in [0, 0.1) is 0 Å². The summed E-state index contributed by atoms with van der Waals surface area (Å²) in [5.74, 6) is -1.40. The van der Waals surface area contributed by atoms with Gasteiger partial charge in [-0.3, -0.25) is 9.59 Å². The quantitative estimate of drug-likeness (QED) is 0.689. The summed E-state index contributed by atoms with van der Waals surface area (Å²) < 4.78 is 24.4. The third-order valence-electron chi connectivity index (χ3n) is 3.97. The van der Waals surface area contributed by atoms with E-state index in [1.165, 1.54) is 43.3 Å². The number of nitrogens with one attached hydrogen (secondary N) is 1. The molecule has 144 valence electrons. The predicted octanol–water partition coefficient (Wildman–Crippen LogP) is 1.10. The molecule has 27 heavy (non-hydrogen) atoms. The molecule has 0 spiro atoms. The number of carbonyl (C=O) groups excluding carboxylic acids is 2. The number of nitrogens with two attached hydrogens (primary N) is 1. The lowest BCUT2D eigenvalue weighted by molar-refractivity contribution is -0.125. The van der Waals surface area contributed by atoms with Gasteiger partial charge in [-0.25, -0.2) is 8.42 Å². The van der Waals surface area contributed by atoms with Crippen molar-refractivity contribution in [3.05, 3.63) is 59.7 Å². The Morgan fingerprint density at radius 3 is 2.15 bits per heavy atom. The first kappa shape index (κ1) is 20.4. The van der Waals surface area contributed by atoms with E-state index in [9.17, 15) is 18.0 Å². The molecule has 0 bridgehead atoms. The third-order valence-corrected chi connectivity index (χ3v) is 5.58. The van der Waals surface area contributed by atoms with Crippen molar-refractivity contribution in [1.29, 1.82) is 0 Å². The Hall–Kier alpha value is -2.87. The Morgan fingerprint density at radius 2 is 1.59 bits per heavy atom. The number of benzene rings is 2. The Kier molecular flexibility index (Phi) is 6.57. The normalized spacial score (nSPS) is 11.0. The van der Waals surface area contributed by atoms with Gasteiger partial charge in [-0.1, -0.05) is 12.1 Å². The number of sulfone groups is 1. The first-order valence-electron chi connectivity index (χ1n) is 8.34. The molecule has 0 heterocycles. The molecular weight excluding hydrogens is 366 g/mol. The van der Waals surface area contributed by atoms with Crippen molar-refractivity contribution in [2.75, 3.05) is 32.1 Å². The van der Waals surface area contributed by atoms with Crippen molar-refractivity contribution < 1.29 is 18.0 Å². The van der Waals surface area contributed by atoms with E-state index in [0.29, 0.717) is 24.2 Å². The van der Waals surface area contributed by atoms with Crippen molar-refractivity contribution in [1.82, 2.24) is 10.2 Å². The summed E-state index contributed by atoms with van der Waals surface area (Å²) in [6.07, 6.45) is 0.658. The summed E-state index contributed by atoms with van der Waals surface area (Å²) in [5.41, 5.74) is 7.72. The highest BCUT2D eigenvalue weighted by atomic mass is 32.2. The molecule has 0 atom stereocenters. The summed E-state index contributed by atoms with van der Waals surface area (Å²) in [5, 5.41) is 2.79. The largest absolute Gasteiger partial charge is 0.399 e. The maximum atomic E-state index is 12.2. The van der Waals surface area contributed by atoms with Crippen LogP contribution in [0.1, 0.15) is 15.9 Å². The number of nitrogens with zero attached hydrogens (tertiary/aromatic N) is 1. The fourth-order valence-electron chi connectivity index (χ4n) is 2.30. The van der Waals surface area contributed by atoms with Crippen LogP contribution in [0.4, 0.5) is 5.69 Å². The molecule has 0 aliphatic carbocycles. The van der Waals surface area contributed by atoms with E-state index in [2.05, 4.69) is 5.32 Å². The predicted molar refractivity (Wildman–Crippen MR) is 104 cm³/mol. The highest BCUT2D eigenvalue weighted by Crippen LogP contribution is 2.13. The smallest absolute Gasteiger partial charge is 0.251 e. The van der Waals surface area contributed by atoms with Gasteiger partial charge in [0.05, 0.1) is 4.90 Å². The monoisotopic (exact) mass is 389 g/mol. The van der Waals surface area contributed by atoms with Crippen molar-refractivity contribution in [2.45, 2.75) is 11.3 Å². The van der Waals surface area contributed by atoms with E-state index < -0.39 is 21.5 Å². The first-order valence-corrected chi connectivity index (χ1v) is 10.00. The van der Waals surface area contributed by atoms with Crippen LogP contribution in [0.3, 0.4) is 0 Å². The average molecular weight is 389 g/mol. The molecule has 0 aliphatic heterocycles. The van der Waals surface area contributed by atoms with Crippen LogP contribution < -0.4 is 11.1 Å². The second-order valence-electron chi connectivity index (χ2n) is 6.32. The number of rotatable bonds is 7. The van der Waals surface area contributed by atoms with Crippen LogP contribution in [0.25, 0.3) is 0 Å². The summed E-state index contributed by atoms with van der Waals surface area (Å²) in [6.45, 7) is 0.445. The Balaban J connectivity index is 1.94. The minimum atomic E-state index is -3.74. The Morgan fingerprint density at radius 1 is 1.00 bits per heavy atom. The molecule has 2 aromatic rings. The lowest BCUT2D eigenvalue weighted by Crippen LogP contribution is -2.29. The minimum absolute atomic E-state index is 0.0103. The van der Waals surface area contributed by atoms with E-state index >= 15 is 0 Å². The first-order chi connectivity index (χ1) is 12.7. The zero-order valence-corrected chi connectivity index (χ0v) is 16.1. The van der Waals surface area contributed by atoms with Crippen molar-refractivity contribution in [3.8, 4) is 0 Å². The molecule has 0 radical (unpaired) electrons. The van der Waals surface area contributed by atoms with Gasteiger partial charge in [0.1, 0.15) is 5.75 Å².